The smallest absolute Gasteiger partial charge is 0.312 e. The SMILES string of the molecule is C=CCN(C(=O)C1N(CCCCCO)C(=O)[C@@H]2[C@H](C(=O)OCC)[C@@H]3CCC12O3)c1ccc(Cl)cc1. The van der Waals surface area contributed by atoms with Gasteiger partial charge in [-0.3, -0.25) is 14.4 Å². The van der Waals surface area contributed by atoms with Crippen molar-refractivity contribution in [3.8, 4) is 0 Å². The van der Waals surface area contributed by atoms with Crippen LogP contribution >= 0.6 is 11.6 Å². The first kappa shape index (κ1) is 25.7. The molecule has 0 aromatic heterocycles. The molecule has 2 unspecified atom stereocenters. The molecule has 1 aromatic carbocycles. The Morgan fingerprint density at radius 1 is 1.31 bits per heavy atom. The van der Waals surface area contributed by atoms with Gasteiger partial charge in [0.2, 0.25) is 5.91 Å². The molecule has 1 aromatic rings. The molecule has 9 heteroatoms. The van der Waals surface area contributed by atoms with Gasteiger partial charge in [0.25, 0.3) is 5.91 Å². The minimum absolute atomic E-state index is 0.0717. The van der Waals surface area contributed by atoms with Crippen LogP contribution in [0, 0.1) is 11.8 Å². The van der Waals surface area contributed by atoms with Crippen LogP contribution in [-0.2, 0) is 23.9 Å². The number of carbonyl (C=O) groups is 3. The van der Waals surface area contributed by atoms with Gasteiger partial charge >= 0.3 is 5.97 Å². The van der Waals surface area contributed by atoms with Crippen molar-refractivity contribution < 1.29 is 29.0 Å². The number of fused-ring (bicyclic) bond motifs is 1. The molecular formula is C26H33ClN2O6. The molecule has 1 N–H and O–H groups in total. The van der Waals surface area contributed by atoms with Crippen LogP contribution in [0.3, 0.4) is 0 Å². The lowest BCUT2D eigenvalue weighted by Gasteiger charge is -2.36. The zero-order chi connectivity index (χ0) is 25.2. The Morgan fingerprint density at radius 2 is 2.06 bits per heavy atom. The number of aliphatic hydroxyl groups is 1. The molecule has 3 aliphatic heterocycles. The normalized spacial score (nSPS) is 28.8. The monoisotopic (exact) mass is 504 g/mol. The summed E-state index contributed by atoms with van der Waals surface area (Å²) in [6.45, 7) is 6.42. The Morgan fingerprint density at radius 3 is 2.71 bits per heavy atom. The second-order valence-corrected chi connectivity index (χ2v) is 9.77. The molecule has 3 fully saturated rings. The fourth-order valence-electron chi connectivity index (χ4n) is 5.97. The van der Waals surface area contributed by atoms with E-state index in [1.165, 1.54) is 0 Å². The Hall–Kier alpha value is -2.42. The summed E-state index contributed by atoms with van der Waals surface area (Å²) in [6, 6.07) is 6.07. The lowest BCUT2D eigenvalue weighted by Crippen LogP contribution is -2.56. The first-order valence-corrected chi connectivity index (χ1v) is 12.7. The van der Waals surface area contributed by atoms with Gasteiger partial charge in [0.05, 0.1) is 24.5 Å². The topological polar surface area (TPSA) is 96.4 Å². The second kappa shape index (κ2) is 10.7. The van der Waals surface area contributed by atoms with Gasteiger partial charge in [-0.25, -0.2) is 0 Å². The fourth-order valence-corrected chi connectivity index (χ4v) is 6.10. The van der Waals surface area contributed by atoms with Gasteiger partial charge in [0, 0.05) is 30.4 Å². The molecule has 3 heterocycles. The van der Waals surface area contributed by atoms with Crippen LogP contribution in [0.15, 0.2) is 36.9 Å². The highest BCUT2D eigenvalue weighted by Crippen LogP contribution is 2.59. The summed E-state index contributed by atoms with van der Waals surface area (Å²) in [4.78, 5) is 44.1. The minimum atomic E-state index is -1.07. The maximum absolute atomic E-state index is 14.2. The number of ether oxygens (including phenoxy) is 2. The number of aliphatic hydroxyl groups excluding tert-OH is 1. The number of hydrogen-bond acceptors (Lipinski definition) is 6. The molecular weight excluding hydrogens is 472 g/mol. The minimum Gasteiger partial charge on any atom is -0.466 e. The van der Waals surface area contributed by atoms with E-state index in [-0.39, 0.29) is 31.6 Å². The van der Waals surface area contributed by atoms with Crippen molar-refractivity contribution in [2.24, 2.45) is 11.8 Å². The Kier molecular flexibility index (Phi) is 7.83. The summed E-state index contributed by atoms with van der Waals surface area (Å²) >= 11 is 6.06. The number of halogens is 1. The molecule has 190 valence electrons. The first-order chi connectivity index (χ1) is 16.9. The van der Waals surface area contributed by atoms with Gasteiger partial charge in [0.15, 0.2) is 0 Å². The van der Waals surface area contributed by atoms with Gasteiger partial charge in [-0.2, -0.15) is 0 Å². The molecule has 0 aliphatic carbocycles. The van der Waals surface area contributed by atoms with Crippen molar-refractivity contribution in [3.63, 3.8) is 0 Å². The zero-order valence-electron chi connectivity index (χ0n) is 20.0. The molecule has 4 rings (SSSR count). The maximum Gasteiger partial charge on any atom is 0.312 e. The Bertz CT molecular complexity index is 969. The zero-order valence-corrected chi connectivity index (χ0v) is 20.8. The average Bonchev–Trinajstić information content (AvgIpc) is 3.48. The van der Waals surface area contributed by atoms with Gasteiger partial charge < -0.3 is 24.4 Å². The summed E-state index contributed by atoms with van der Waals surface area (Å²) < 4.78 is 11.7. The van der Waals surface area contributed by atoms with E-state index in [0.717, 1.165) is 6.42 Å². The number of unbranched alkanes of at least 4 members (excludes halogenated alkanes) is 2. The van der Waals surface area contributed by atoms with E-state index < -0.39 is 35.6 Å². The summed E-state index contributed by atoms with van der Waals surface area (Å²) in [5.41, 5.74) is -0.430. The van der Waals surface area contributed by atoms with Crippen molar-refractivity contribution in [1.29, 1.82) is 0 Å². The van der Waals surface area contributed by atoms with E-state index in [2.05, 4.69) is 6.58 Å². The van der Waals surface area contributed by atoms with Gasteiger partial charge in [-0.1, -0.05) is 17.7 Å². The van der Waals surface area contributed by atoms with Crippen LogP contribution in [-0.4, -0.2) is 71.8 Å². The highest BCUT2D eigenvalue weighted by molar-refractivity contribution is 6.30. The summed E-state index contributed by atoms with van der Waals surface area (Å²) in [5.74, 6) is -2.40. The molecule has 2 bridgehead atoms. The standard InChI is InChI=1S/C26H33ClN2O6/c1-3-14-28(18-10-8-17(27)9-11-18)24(32)22-26-13-12-19(35-26)20(25(33)34-4-2)21(26)23(31)29(22)15-6-5-7-16-30/h3,8-11,19-22,30H,1,4-7,12-16H2,2H3/t19-,20+,21-,22?,26?/m0/s1. The third kappa shape index (κ3) is 4.47. The summed E-state index contributed by atoms with van der Waals surface area (Å²) in [5, 5.41) is 9.71. The molecule has 35 heavy (non-hydrogen) atoms. The van der Waals surface area contributed by atoms with Crippen molar-refractivity contribution in [2.75, 3.05) is 31.2 Å². The van der Waals surface area contributed by atoms with Gasteiger partial charge in [-0.05, 0) is 63.3 Å². The van der Waals surface area contributed by atoms with Crippen molar-refractivity contribution >= 4 is 35.1 Å². The quantitative estimate of drug-likeness (QED) is 0.283. The maximum atomic E-state index is 14.2. The predicted molar refractivity (Wildman–Crippen MR) is 131 cm³/mol. The second-order valence-electron chi connectivity index (χ2n) is 9.34. The van der Waals surface area contributed by atoms with E-state index in [1.807, 2.05) is 0 Å². The van der Waals surface area contributed by atoms with E-state index in [1.54, 1.807) is 47.1 Å². The van der Waals surface area contributed by atoms with E-state index >= 15 is 0 Å². The van der Waals surface area contributed by atoms with E-state index in [4.69, 9.17) is 26.2 Å². The number of nitrogens with zero attached hydrogens (tertiary/aromatic N) is 2. The summed E-state index contributed by atoms with van der Waals surface area (Å²) in [6.07, 6.45) is 4.29. The molecule has 0 saturated carbocycles. The Balaban J connectivity index is 1.72. The number of esters is 1. The third-order valence-corrected chi connectivity index (χ3v) is 7.62. The lowest BCUT2D eigenvalue weighted by molar-refractivity contribution is -0.154. The van der Waals surface area contributed by atoms with Crippen LogP contribution in [0.25, 0.3) is 0 Å². The van der Waals surface area contributed by atoms with Crippen molar-refractivity contribution in [3.05, 3.63) is 41.9 Å². The number of hydrogen-bond donors (Lipinski definition) is 1. The summed E-state index contributed by atoms with van der Waals surface area (Å²) in [7, 11) is 0. The number of carbonyl (C=O) groups excluding carboxylic acids is 3. The predicted octanol–water partition coefficient (Wildman–Crippen LogP) is 2.96. The fraction of sp³-hybridized carbons (Fsp3) is 0.577. The molecule has 5 atom stereocenters. The molecule has 3 aliphatic rings. The number of rotatable bonds is 11. The van der Waals surface area contributed by atoms with Crippen molar-refractivity contribution in [2.45, 2.75) is 56.8 Å². The van der Waals surface area contributed by atoms with Crippen LogP contribution in [0.4, 0.5) is 5.69 Å². The van der Waals surface area contributed by atoms with Gasteiger partial charge in [0.1, 0.15) is 11.6 Å². The number of benzene rings is 1. The van der Waals surface area contributed by atoms with E-state index in [9.17, 15) is 14.4 Å². The molecule has 3 saturated heterocycles. The van der Waals surface area contributed by atoms with Crippen LogP contribution in [0.1, 0.15) is 39.0 Å². The molecule has 0 radical (unpaired) electrons. The highest BCUT2D eigenvalue weighted by Gasteiger charge is 2.75. The number of anilines is 1. The lowest BCUT2D eigenvalue weighted by atomic mass is 9.70. The van der Waals surface area contributed by atoms with Crippen LogP contribution < -0.4 is 4.90 Å². The van der Waals surface area contributed by atoms with Crippen molar-refractivity contribution in [1.82, 2.24) is 4.90 Å². The largest absolute Gasteiger partial charge is 0.466 e. The first-order valence-electron chi connectivity index (χ1n) is 12.3. The third-order valence-electron chi connectivity index (χ3n) is 7.37. The average molecular weight is 505 g/mol. The number of likely N-dealkylation sites (tertiary alicyclic amines) is 1. The van der Waals surface area contributed by atoms with E-state index in [0.29, 0.717) is 42.9 Å². The molecule has 2 amide bonds. The number of amides is 2. The molecule has 1 spiro atoms. The van der Waals surface area contributed by atoms with Crippen LogP contribution in [0.5, 0.6) is 0 Å². The van der Waals surface area contributed by atoms with Crippen LogP contribution in [0.2, 0.25) is 5.02 Å². The highest BCUT2D eigenvalue weighted by atomic mass is 35.5. The molecule has 8 nitrogen and oxygen atoms in total. The van der Waals surface area contributed by atoms with Gasteiger partial charge in [-0.15, -0.1) is 6.58 Å². The Labute approximate surface area is 210 Å².